The smallest absolute Gasteiger partial charge is 0.242 e. The van der Waals surface area contributed by atoms with Crippen molar-refractivity contribution in [1.82, 2.24) is 10.2 Å². The van der Waals surface area contributed by atoms with Gasteiger partial charge < -0.3 is 10.2 Å². The molecular formula is C27H38ClN3O4S. The molecule has 2 aromatic carbocycles. The number of halogens is 1. The van der Waals surface area contributed by atoms with Crippen LogP contribution in [0, 0.1) is 19.8 Å². The lowest BCUT2D eigenvalue weighted by molar-refractivity contribution is -0.140. The van der Waals surface area contributed by atoms with E-state index in [4.69, 9.17) is 11.6 Å². The molecule has 198 valence electrons. The second kappa shape index (κ2) is 13.1. The zero-order valence-electron chi connectivity index (χ0n) is 22.0. The molecule has 0 saturated carbocycles. The molecule has 0 aromatic heterocycles. The SMILES string of the molecule is Cc1ccc(N(CCCC(=O)N(Cc2cccc(Cl)c2)[C@@H](C)C(=O)NCC(C)C)S(C)(=O)=O)cc1C. The highest BCUT2D eigenvalue weighted by Crippen LogP contribution is 2.22. The molecule has 0 radical (unpaired) electrons. The van der Waals surface area contributed by atoms with Gasteiger partial charge in [0.15, 0.2) is 0 Å². The molecule has 0 heterocycles. The van der Waals surface area contributed by atoms with Crippen LogP contribution in [-0.4, -0.2) is 50.5 Å². The zero-order chi connectivity index (χ0) is 27.0. The van der Waals surface area contributed by atoms with Crippen molar-refractivity contribution in [3.8, 4) is 0 Å². The number of sulfonamides is 1. The van der Waals surface area contributed by atoms with Gasteiger partial charge in [-0.3, -0.25) is 13.9 Å². The quantitative estimate of drug-likeness (QED) is 0.427. The standard InChI is InChI=1S/C27H38ClN3O4S/c1-19(2)17-29-27(33)22(5)30(18-23-9-7-10-24(28)16-23)26(32)11-8-14-31(36(6,34)35)25-13-12-20(3)21(4)15-25/h7,9-10,12-13,15-16,19,22H,8,11,14,17-18H2,1-6H3,(H,29,33)/t22-/m0/s1. The summed E-state index contributed by atoms with van der Waals surface area (Å²) in [5, 5.41) is 3.44. The number of nitrogens with one attached hydrogen (secondary N) is 1. The number of anilines is 1. The topological polar surface area (TPSA) is 86.8 Å². The molecule has 1 atom stereocenters. The Hall–Kier alpha value is -2.58. The molecule has 0 spiro atoms. The maximum atomic E-state index is 13.3. The molecular weight excluding hydrogens is 498 g/mol. The Balaban J connectivity index is 2.18. The van der Waals surface area contributed by atoms with Crippen LogP contribution in [0.15, 0.2) is 42.5 Å². The van der Waals surface area contributed by atoms with Crippen molar-refractivity contribution < 1.29 is 18.0 Å². The van der Waals surface area contributed by atoms with Crippen LogP contribution in [0.3, 0.4) is 0 Å². The fourth-order valence-corrected chi connectivity index (χ4v) is 4.92. The number of hydrogen-bond donors (Lipinski definition) is 1. The van der Waals surface area contributed by atoms with Crippen LogP contribution < -0.4 is 9.62 Å². The van der Waals surface area contributed by atoms with Gasteiger partial charge in [0.2, 0.25) is 21.8 Å². The molecule has 2 rings (SSSR count). The average Bonchev–Trinajstić information content (AvgIpc) is 2.79. The van der Waals surface area contributed by atoms with Crippen LogP contribution in [0.4, 0.5) is 5.69 Å². The summed E-state index contributed by atoms with van der Waals surface area (Å²) in [4.78, 5) is 27.6. The molecule has 0 aliphatic carbocycles. The number of nitrogens with zero attached hydrogens (tertiary/aromatic N) is 2. The summed E-state index contributed by atoms with van der Waals surface area (Å²) in [5.74, 6) is -0.173. The molecule has 0 bridgehead atoms. The Morgan fingerprint density at radius 3 is 2.31 bits per heavy atom. The van der Waals surface area contributed by atoms with Gasteiger partial charge in [-0.1, -0.05) is 43.6 Å². The minimum absolute atomic E-state index is 0.0965. The maximum Gasteiger partial charge on any atom is 0.242 e. The number of rotatable bonds is 12. The van der Waals surface area contributed by atoms with E-state index in [9.17, 15) is 18.0 Å². The lowest BCUT2D eigenvalue weighted by Gasteiger charge is -2.30. The predicted molar refractivity (Wildman–Crippen MR) is 147 cm³/mol. The highest BCUT2D eigenvalue weighted by molar-refractivity contribution is 7.92. The predicted octanol–water partition coefficient (Wildman–Crippen LogP) is 4.69. The van der Waals surface area contributed by atoms with Crippen molar-refractivity contribution in [3.63, 3.8) is 0 Å². The van der Waals surface area contributed by atoms with Gasteiger partial charge >= 0.3 is 0 Å². The molecule has 0 fully saturated rings. The van der Waals surface area contributed by atoms with Gasteiger partial charge in [0, 0.05) is 31.1 Å². The zero-order valence-corrected chi connectivity index (χ0v) is 23.6. The number of carbonyl (C=O) groups excluding carboxylic acids is 2. The van der Waals surface area contributed by atoms with E-state index in [2.05, 4.69) is 5.32 Å². The highest BCUT2D eigenvalue weighted by atomic mass is 35.5. The van der Waals surface area contributed by atoms with E-state index >= 15 is 0 Å². The van der Waals surface area contributed by atoms with Crippen LogP contribution >= 0.6 is 11.6 Å². The van der Waals surface area contributed by atoms with Crippen LogP contribution in [0.2, 0.25) is 5.02 Å². The van der Waals surface area contributed by atoms with E-state index in [0.29, 0.717) is 23.7 Å². The molecule has 0 saturated heterocycles. The third-order valence-electron chi connectivity index (χ3n) is 6.02. The molecule has 0 unspecified atom stereocenters. The van der Waals surface area contributed by atoms with E-state index in [1.54, 1.807) is 31.2 Å². The Morgan fingerprint density at radius 2 is 1.72 bits per heavy atom. The number of hydrogen-bond acceptors (Lipinski definition) is 4. The molecule has 9 heteroatoms. The van der Waals surface area contributed by atoms with Crippen LogP contribution in [0.25, 0.3) is 0 Å². The average molecular weight is 536 g/mol. The molecule has 7 nitrogen and oxygen atoms in total. The Morgan fingerprint density at radius 1 is 1.03 bits per heavy atom. The van der Waals surface area contributed by atoms with Crippen molar-refractivity contribution in [2.45, 2.75) is 60.0 Å². The second-order valence-corrected chi connectivity index (χ2v) is 12.0. The first-order valence-electron chi connectivity index (χ1n) is 12.2. The van der Waals surface area contributed by atoms with Gasteiger partial charge in [0.05, 0.1) is 11.9 Å². The summed E-state index contributed by atoms with van der Waals surface area (Å²) in [6.07, 6.45) is 1.57. The number of benzene rings is 2. The van der Waals surface area contributed by atoms with Crippen LogP contribution in [-0.2, 0) is 26.2 Å². The van der Waals surface area contributed by atoms with Crippen molar-refractivity contribution in [3.05, 3.63) is 64.2 Å². The van der Waals surface area contributed by atoms with Crippen LogP contribution in [0.5, 0.6) is 0 Å². The third kappa shape index (κ3) is 8.82. The summed E-state index contributed by atoms with van der Waals surface area (Å²) in [5.41, 5.74) is 3.45. The summed E-state index contributed by atoms with van der Waals surface area (Å²) in [6.45, 7) is 10.5. The first-order valence-corrected chi connectivity index (χ1v) is 14.4. The molecule has 0 aliphatic rings. The van der Waals surface area contributed by atoms with E-state index in [0.717, 1.165) is 22.9 Å². The van der Waals surface area contributed by atoms with E-state index < -0.39 is 16.1 Å². The van der Waals surface area contributed by atoms with Crippen molar-refractivity contribution in [2.24, 2.45) is 5.92 Å². The fraction of sp³-hybridized carbons (Fsp3) is 0.481. The van der Waals surface area contributed by atoms with Gasteiger partial charge in [-0.15, -0.1) is 0 Å². The Bertz CT molecular complexity index is 1170. The first kappa shape index (κ1) is 29.6. The first-order chi connectivity index (χ1) is 16.8. The molecule has 2 aromatic rings. The van der Waals surface area contributed by atoms with E-state index in [1.165, 1.54) is 9.21 Å². The summed E-state index contributed by atoms with van der Waals surface area (Å²) < 4.78 is 26.3. The minimum atomic E-state index is -3.53. The maximum absolute atomic E-state index is 13.3. The Kier molecular flexibility index (Phi) is 10.8. The number of amides is 2. The summed E-state index contributed by atoms with van der Waals surface area (Å²) >= 11 is 6.13. The molecule has 1 N–H and O–H groups in total. The third-order valence-corrected chi connectivity index (χ3v) is 7.45. The van der Waals surface area contributed by atoms with E-state index in [1.807, 2.05) is 45.9 Å². The lowest BCUT2D eigenvalue weighted by atomic mass is 10.1. The molecule has 0 aliphatic heterocycles. The summed E-state index contributed by atoms with van der Waals surface area (Å²) in [7, 11) is -3.53. The van der Waals surface area contributed by atoms with Gasteiger partial charge in [-0.25, -0.2) is 8.42 Å². The van der Waals surface area contributed by atoms with Crippen molar-refractivity contribution in [2.75, 3.05) is 23.7 Å². The van der Waals surface area contributed by atoms with Gasteiger partial charge in [0.1, 0.15) is 6.04 Å². The molecule has 36 heavy (non-hydrogen) atoms. The van der Waals surface area contributed by atoms with E-state index in [-0.39, 0.29) is 37.2 Å². The lowest BCUT2D eigenvalue weighted by Crippen LogP contribution is -2.48. The summed E-state index contributed by atoms with van der Waals surface area (Å²) in [6, 6.07) is 12.0. The van der Waals surface area contributed by atoms with Crippen LogP contribution in [0.1, 0.15) is 50.3 Å². The van der Waals surface area contributed by atoms with Crippen molar-refractivity contribution >= 4 is 39.1 Å². The van der Waals surface area contributed by atoms with Gasteiger partial charge in [-0.05, 0) is 74.1 Å². The minimum Gasteiger partial charge on any atom is -0.354 e. The number of aryl methyl sites for hydroxylation is 2. The fourth-order valence-electron chi connectivity index (χ4n) is 3.75. The monoisotopic (exact) mass is 535 g/mol. The normalized spacial score (nSPS) is 12.3. The van der Waals surface area contributed by atoms with Gasteiger partial charge in [-0.2, -0.15) is 0 Å². The second-order valence-electron chi connectivity index (χ2n) is 9.67. The van der Waals surface area contributed by atoms with Crippen molar-refractivity contribution in [1.29, 1.82) is 0 Å². The Labute approximate surface area is 220 Å². The largest absolute Gasteiger partial charge is 0.354 e. The highest BCUT2D eigenvalue weighted by Gasteiger charge is 2.27. The molecule has 2 amide bonds. The number of carbonyl (C=O) groups is 2. The van der Waals surface area contributed by atoms with Gasteiger partial charge in [0.25, 0.3) is 0 Å².